The normalized spacial score (nSPS) is 18.6. The fraction of sp³-hybridized carbons (Fsp3) is 0.500. The van der Waals surface area contributed by atoms with Gasteiger partial charge in [0.25, 0.3) is 26.0 Å². The first-order valence-corrected chi connectivity index (χ1v) is 31.6. The number of hydrogen-bond acceptors (Lipinski definition) is 20. The number of carboxylic acids is 1. The lowest BCUT2D eigenvalue weighted by atomic mass is 10.0. The summed E-state index contributed by atoms with van der Waals surface area (Å²) in [6.07, 6.45) is 12.6. The number of rotatable bonds is 25. The molecule has 6 aromatic rings. The zero-order chi connectivity index (χ0) is 61.2. The molecule has 0 radical (unpaired) electrons. The second kappa shape index (κ2) is 27.4. The molecule has 29 heteroatoms. The third kappa shape index (κ3) is 19.5. The molecule has 0 spiro atoms. The van der Waals surface area contributed by atoms with Crippen molar-refractivity contribution in [3.63, 3.8) is 0 Å². The van der Waals surface area contributed by atoms with Crippen LogP contribution in [-0.4, -0.2) is 149 Å². The molecule has 0 bridgehead atoms. The maximum atomic E-state index is 12.9. The van der Waals surface area contributed by atoms with E-state index >= 15 is 0 Å². The Balaban J connectivity index is 0.000000183. The van der Waals surface area contributed by atoms with E-state index in [9.17, 15) is 26.4 Å². The lowest BCUT2D eigenvalue weighted by Gasteiger charge is -2.17. The molecular formula is C56H74Cl2N14O11S2. The van der Waals surface area contributed by atoms with Gasteiger partial charge >= 0.3 is 5.97 Å². The van der Waals surface area contributed by atoms with Crippen molar-refractivity contribution < 1.29 is 50.5 Å². The number of pyridine rings is 4. The number of aromatic nitrogens is 8. The average Bonchev–Trinajstić information content (AvgIpc) is 3.35. The van der Waals surface area contributed by atoms with Crippen LogP contribution < -0.4 is 40.6 Å². The number of aromatic carboxylic acids is 1. The first-order chi connectivity index (χ1) is 40.1. The van der Waals surface area contributed by atoms with Gasteiger partial charge in [-0.25, -0.2) is 52.4 Å². The average molecular weight is 1250 g/mol. The van der Waals surface area contributed by atoms with Gasteiger partial charge in [0.05, 0.1) is 49.8 Å². The van der Waals surface area contributed by atoms with Crippen LogP contribution in [0.4, 0.5) is 11.6 Å². The van der Waals surface area contributed by atoms with Crippen LogP contribution in [0.25, 0.3) is 11.6 Å². The van der Waals surface area contributed by atoms with Gasteiger partial charge in [-0.1, -0.05) is 49.2 Å². The maximum Gasteiger partial charge on any atom is 0.338 e. The molecule has 4 fully saturated rings. The second-order valence-corrected chi connectivity index (χ2v) is 27.2. The predicted octanol–water partition coefficient (Wildman–Crippen LogP) is 7.06. The van der Waals surface area contributed by atoms with Gasteiger partial charge in [-0.15, -0.1) is 10.2 Å². The van der Waals surface area contributed by atoms with E-state index in [1.54, 1.807) is 48.8 Å². The highest BCUT2D eigenvalue weighted by Crippen LogP contribution is 2.48. The molecule has 85 heavy (non-hydrogen) atoms. The summed E-state index contributed by atoms with van der Waals surface area (Å²) in [4.78, 5) is 40.1. The summed E-state index contributed by atoms with van der Waals surface area (Å²) in [6.45, 7) is 17.9. The van der Waals surface area contributed by atoms with Crippen molar-refractivity contribution in [1.29, 1.82) is 0 Å². The van der Waals surface area contributed by atoms with Gasteiger partial charge in [0, 0.05) is 61.8 Å². The minimum Gasteiger partial charge on any atom is -0.478 e. The summed E-state index contributed by atoms with van der Waals surface area (Å²) >= 11 is 12.1. The Morgan fingerprint density at radius 2 is 1.08 bits per heavy atom. The quantitative estimate of drug-likeness (QED) is 0.0223. The number of halogens is 2. The third-order valence-corrected chi connectivity index (χ3v) is 17.3. The van der Waals surface area contributed by atoms with Gasteiger partial charge < -0.3 is 45.3 Å². The van der Waals surface area contributed by atoms with Crippen molar-refractivity contribution in [3.8, 4) is 23.4 Å². The molecule has 2 saturated heterocycles. The predicted molar refractivity (Wildman–Crippen MR) is 319 cm³/mol. The highest BCUT2D eigenvalue weighted by Gasteiger charge is 2.38. The summed E-state index contributed by atoms with van der Waals surface area (Å²) in [5.41, 5.74) is 0.875. The van der Waals surface area contributed by atoms with Crippen molar-refractivity contribution in [2.45, 2.75) is 126 Å². The Labute approximate surface area is 505 Å². The summed E-state index contributed by atoms with van der Waals surface area (Å²) in [7, 11) is -8.06. The number of amides is 1. The molecule has 0 aromatic carbocycles. The Kier molecular flexibility index (Phi) is 20.8. The number of carbonyl (C=O) groups excluding carboxylic acids is 1. The standard InChI is InChI=1S/C28H36ClN7O5S.C15H16ClN3O3.C13H22N4O3S/c1-27(2)17-19(18-31-27)40-16-13-30-21-5-4-6-24(32-21)42(38,39)35-26(37)20-7-8-22(33-25(20)29)36-14-9-23(34-36)41-15-12-28(3)10-11-28;1-15(5-6-15)7-9-22-12-4-8-19(18-12)11-3-2-10(14(20)21)13(16)17-11;1-13(2)8-10(9-16-13)20-7-6-15-11-4-3-5-12(17-11)21(14,18)19/h4-9,14,19,31H,10-13,15-18H2,1-3H3,(H,30,32)(H,35,37);2-4,8H,5-7,9H2,1H3,(H,20,21);3-5,10,16H,6-9H2,1-2H3,(H,15,17)(H2,14,18,19). The monoisotopic (exact) mass is 1250 g/mol. The number of carbonyl (C=O) groups is 2. The summed E-state index contributed by atoms with van der Waals surface area (Å²) in [5, 5.41) is 34.8. The van der Waals surface area contributed by atoms with Crippen molar-refractivity contribution in [1.82, 2.24) is 54.9 Å². The Bertz CT molecular complexity index is 3520. The van der Waals surface area contributed by atoms with E-state index in [1.165, 1.54) is 71.4 Å². The van der Waals surface area contributed by atoms with E-state index in [0.717, 1.165) is 38.8 Å². The number of carboxylic acid groups (broad SMARTS) is 1. The fourth-order valence-corrected chi connectivity index (χ4v) is 10.9. The molecule has 460 valence electrons. The van der Waals surface area contributed by atoms with E-state index in [0.29, 0.717) is 85.4 Å². The molecule has 4 aliphatic rings. The third-order valence-electron chi connectivity index (χ3n) is 14.7. The summed E-state index contributed by atoms with van der Waals surface area (Å²) in [6, 6.07) is 18.5. The van der Waals surface area contributed by atoms with Crippen LogP contribution in [0, 0.1) is 10.8 Å². The van der Waals surface area contributed by atoms with Gasteiger partial charge in [0.15, 0.2) is 21.7 Å². The SMILES string of the molecule is CC1(C)CC(OCCNc2cccc(S(N)(=O)=O)n2)CN1.CC1(CCOc2ccn(-c3ccc(C(=O)NS(=O)(=O)c4cccc(NCCOC5CNC(C)(C)C5)n4)c(Cl)n3)n2)CC1.CC1(CCOc2ccn(-c3ccc(C(=O)O)c(Cl)n3)n2)CC1. The lowest BCUT2D eigenvalue weighted by molar-refractivity contribution is 0.0693. The van der Waals surface area contributed by atoms with E-state index in [1.807, 2.05) is 4.72 Å². The fourth-order valence-electron chi connectivity index (χ4n) is 9.00. The van der Waals surface area contributed by atoms with Crippen molar-refractivity contribution in [2.24, 2.45) is 16.0 Å². The smallest absolute Gasteiger partial charge is 0.338 e. The summed E-state index contributed by atoms with van der Waals surface area (Å²) in [5.74, 6) is 0.532. The van der Waals surface area contributed by atoms with Crippen molar-refractivity contribution in [3.05, 3.63) is 107 Å². The topological polar surface area (TPSA) is 333 Å². The Morgan fingerprint density at radius 1 is 0.635 bits per heavy atom. The van der Waals surface area contributed by atoms with Gasteiger partial charge in [0.1, 0.15) is 21.9 Å². The van der Waals surface area contributed by atoms with Crippen LogP contribution >= 0.6 is 23.2 Å². The van der Waals surface area contributed by atoms with E-state index in [2.05, 4.69) is 92.9 Å². The van der Waals surface area contributed by atoms with E-state index in [-0.39, 0.29) is 54.8 Å². The van der Waals surface area contributed by atoms with Crippen LogP contribution in [0.3, 0.4) is 0 Å². The molecule has 6 aromatic heterocycles. The van der Waals surface area contributed by atoms with Crippen LogP contribution in [0.1, 0.15) is 114 Å². The number of nitrogens with two attached hydrogens (primary N) is 1. The molecule has 2 aliphatic carbocycles. The first kappa shape index (κ1) is 64.4. The molecule has 2 unspecified atom stereocenters. The number of anilines is 2. The maximum absolute atomic E-state index is 12.9. The van der Waals surface area contributed by atoms with Gasteiger partial charge in [-0.2, -0.15) is 8.42 Å². The van der Waals surface area contributed by atoms with E-state index < -0.39 is 31.9 Å². The zero-order valence-corrected chi connectivity index (χ0v) is 51.5. The number of hydrogen-bond donors (Lipinski definition) is 7. The van der Waals surface area contributed by atoms with Crippen LogP contribution in [0.15, 0.2) is 95.2 Å². The number of sulfonamides is 2. The number of ether oxygens (including phenoxy) is 4. The molecular weight excluding hydrogens is 1180 g/mol. The van der Waals surface area contributed by atoms with Gasteiger partial charge in [0.2, 0.25) is 11.8 Å². The highest BCUT2D eigenvalue weighted by molar-refractivity contribution is 7.90. The molecule has 8 heterocycles. The lowest BCUT2D eigenvalue weighted by Crippen LogP contribution is -2.31. The highest BCUT2D eigenvalue weighted by atomic mass is 35.5. The zero-order valence-electron chi connectivity index (χ0n) is 48.3. The van der Waals surface area contributed by atoms with Crippen molar-refractivity contribution >= 4 is 66.8 Å². The van der Waals surface area contributed by atoms with Gasteiger partial charge in [-0.3, -0.25) is 4.79 Å². The van der Waals surface area contributed by atoms with Gasteiger partial charge in [-0.05, 0) is 138 Å². The van der Waals surface area contributed by atoms with Crippen LogP contribution in [0.5, 0.6) is 11.8 Å². The van der Waals surface area contributed by atoms with Crippen LogP contribution in [-0.2, 0) is 29.5 Å². The molecule has 8 N–H and O–H groups in total. The second-order valence-electron chi connectivity index (χ2n) is 23.3. The van der Waals surface area contributed by atoms with E-state index in [4.69, 9.17) is 52.4 Å². The minimum atomic E-state index is -4.29. The first-order valence-electron chi connectivity index (χ1n) is 27.8. The van der Waals surface area contributed by atoms with Crippen molar-refractivity contribution in [2.75, 3.05) is 63.2 Å². The Hall–Kier alpha value is -6.56. The minimum absolute atomic E-state index is 0.0354. The molecule has 2 aliphatic heterocycles. The Morgan fingerprint density at radius 3 is 1.49 bits per heavy atom. The number of nitrogens with zero attached hydrogens (tertiary/aromatic N) is 8. The number of primary sulfonamides is 1. The summed E-state index contributed by atoms with van der Waals surface area (Å²) < 4.78 is 76.3. The molecule has 25 nitrogen and oxygen atoms in total. The molecule has 2 saturated carbocycles. The molecule has 10 rings (SSSR count). The largest absolute Gasteiger partial charge is 0.478 e. The van der Waals surface area contributed by atoms with Crippen LogP contribution in [0.2, 0.25) is 10.3 Å². The molecule has 1 amide bonds. The number of nitrogens with one attached hydrogen (secondary N) is 5. The molecule has 2 atom stereocenters.